The number of hydrogen-bond donors (Lipinski definition) is 3. The summed E-state index contributed by atoms with van der Waals surface area (Å²) >= 11 is 5.84. The van der Waals surface area contributed by atoms with Crippen LogP contribution >= 0.6 is 11.6 Å². The van der Waals surface area contributed by atoms with Gasteiger partial charge >= 0.3 is 6.03 Å². The molecule has 2 aromatic rings. The van der Waals surface area contributed by atoms with Crippen molar-refractivity contribution in [2.45, 2.75) is 24.9 Å². The zero-order chi connectivity index (χ0) is 18.6. The first-order valence-corrected chi connectivity index (χ1v) is 8.58. The van der Waals surface area contributed by atoms with Gasteiger partial charge in [0.05, 0.1) is 0 Å². The van der Waals surface area contributed by atoms with E-state index in [4.69, 9.17) is 11.6 Å². The van der Waals surface area contributed by atoms with E-state index >= 15 is 0 Å². The van der Waals surface area contributed by atoms with Gasteiger partial charge in [0.15, 0.2) is 0 Å². The summed E-state index contributed by atoms with van der Waals surface area (Å²) in [5.74, 6) is -0.650. The lowest BCUT2D eigenvalue weighted by atomic mass is 9.85. The molecule has 0 radical (unpaired) electrons. The molecule has 1 fully saturated rings. The Bertz CT molecular complexity index is 824. The fraction of sp³-hybridized carbons (Fsp3) is 0.211. The van der Waals surface area contributed by atoms with Crippen molar-refractivity contribution >= 4 is 29.4 Å². The van der Waals surface area contributed by atoms with Gasteiger partial charge in [-0.05, 0) is 29.7 Å². The van der Waals surface area contributed by atoms with E-state index in [2.05, 4.69) is 16.0 Å². The van der Waals surface area contributed by atoms with Gasteiger partial charge in [0.1, 0.15) is 5.54 Å². The SMILES string of the molecule is O=C(CCC1(c2ccccc2)NC(=O)NC1=O)NCc1ccc(Cl)cc1. The van der Waals surface area contributed by atoms with Crippen molar-refractivity contribution in [3.8, 4) is 0 Å². The summed E-state index contributed by atoms with van der Waals surface area (Å²) in [7, 11) is 0. The highest BCUT2D eigenvalue weighted by atomic mass is 35.5. The lowest BCUT2D eigenvalue weighted by Gasteiger charge is -2.26. The molecule has 4 amide bonds. The number of carbonyl (C=O) groups excluding carboxylic acids is 3. The van der Waals surface area contributed by atoms with Crippen molar-refractivity contribution in [3.05, 3.63) is 70.7 Å². The zero-order valence-corrected chi connectivity index (χ0v) is 14.7. The Labute approximate surface area is 155 Å². The summed E-state index contributed by atoms with van der Waals surface area (Å²) in [5, 5.41) is 8.38. The second kappa shape index (κ2) is 7.58. The number of rotatable bonds is 6. The molecule has 0 saturated carbocycles. The molecule has 0 aromatic heterocycles. The first-order chi connectivity index (χ1) is 12.5. The maximum Gasteiger partial charge on any atom is 0.322 e. The Kier molecular flexibility index (Phi) is 5.23. The van der Waals surface area contributed by atoms with Crippen molar-refractivity contribution in [2.75, 3.05) is 0 Å². The molecule has 134 valence electrons. The number of carbonyl (C=O) groups is 3. The largest absolute Gasteiger partial charge is 0.352 e. The fourth-order valence-corrected chi connectivity index (χ4v) is 3.06. The maximum atomic E-state index is 12.4. The summed E-state index contributed by atoms with van der Waals surface area (Å²) < 4.78 is 0. The standard InChI is InChI=1S/C19H18ClN3O3/c20-15-8-6-13(7-9-15)12-21-16(24)10-11-19(14-4-2-1-3-5-14)17(25)22-18(26)23-19/h1-9H,10-12H2,(H,21,24)(H2,22,23,25,26). The smallest absolute Gasteiger partial charge is 0.322 e. The van der Waals surface area contributed by atoms with E-state index in [0.29, 0.717) is 17.1 Å². The molecule has 1 heterocycles. The molecule has 6 nitrogen and oxygen atoms in total. The Hall–Kier alpha value is -2.86. The number of benzene rings is 2. The van der Waals surface area contributed by atoms with Gasteiger partial charge < -0.3 is 10.6 Å². The van der Waals surface area contributed by atoms with Crippen molar-refractivity contribution in [3.63, 3.8) is 0 Å². The van der Waals surface area contributed by atoms with E-state index in [0.717, 1.165) is 5.56 Å². The molecule has 2 aromatic carbocycles. The second-order valence-electron chi connectivity index (χ2n) is 6.08. The Morgan fingerprint density at radius 1 is 1.04 bits per heavy atom. The summed E-state index contributed by atoms with van der Waals surface area (Å²) in [5.41, 5.74) is 0.344. The Morgan fingerprint density at radius 2 is 1.73 bits per heavy atom. The first kappa shape index (κ1) is 17.9. The average Bonchev–Trinajstić information content (AvgIpc) is 2.94. The number of nitrogens with one attached hydrogen (secondary N) is 3. The van der Waals surface area contributed by atoms with Gasteiger partial charge in [0.2, 0.25) is 5.91 Å². The van der Waals surface area contributed by atoms with Crippen LogP contribution in [-0.4, -0.2) is 17.8 Å². The molecule has 1 saturated heterocycles. The van der Waals surface area contributed by atoms with Gasteiger partial charge in [-0.1, -0.05) is 54.1 Å². The molecule has 1 atom stereocenters. The summed E-state index contributed by atoms with van der Waals surface area (Å²) in [6.45, 7) is 0.368. The van der Waals surface area contributed by atoms with Crippen LogP contribution in [0.4, 0.5) is 4.79 Å². The van der Waals surface area contributed by atoms with Crippen LogP contribution < -0.4 is 16.0 Å². The average molecular weight is 372 g/mol. The molecule has 1 aliphatic heterocycles. The minimum absolute atomic E-state index is 0.0934. The Balaban J connectivity index is 1.65. The van der Waals surface area contributed by atoms with Crippen LogP contribution in [0.2, 0.25) is 5.02 Å². The summed E-state index contributed by atoms with van der Waals surface area (Å²) in [6, 6.07) is 15.5. The third-order valence-corrected chi connectivity index (χ3v) is 4.59. The predicted molar refractivity (Wildman–Crippen MR) is 97.3 cm³/mol. The van der Waals surface area contributed by atoms with Gasteiger partial charge in [-0.15, -0.1) is 0 Å². The van der Waals surface area contributed by atoms with Crippen LogP contribution in [0.25, 0.3) is 0 Å². The minimum atomic E-state index is -1.23. The molecule has 7 heteroatoms. The quantitative estimate of drug-likeness (QED) is 0.682. The van der Waals surface area contributed by atoms with Gasteiger partial charge in [-0.2, -0.15) is 0 Å². The third-order valence-electron chi connectivity index (χ3n) is 4.34. The number of urea groups is 1. The monoisotopic (exact) mass is 371 g/mol. The van der Waals surface area contributed by atoms with Gasteiger partial charge in [0, 0.05) is 18.0 Å². The molecule has 0 bridgehead atoms. The number of imide groups is 1. The highest BCUT2D eigenvalue weighted by molar-refractivity contribution is 6.30. The first-order valence-electron chi connectivity index (χ1n) is 8.20. The highest BCUT2D eigenvalue weighted by Crippen LogP contribution is 2.29. The molecule has 0 aliphatic carbocycles. The second-order valence-corrected chi connectivity index (χ2v) is 6.52. The highest BCUT2D eigenvalue weighted by Gasteiger charge is 2.47. The molecular weight excluding hydrogens is 354 g/mol. The number of halogens is 1. The third kappa shape index (κ3) is 3.86. The lowest BCUT2D eigenvalue weighted by molar-refractivity contribution is -0.125. The van der Waals surface area contributed by atoms with E-state index in [1.54, 1.807) is 36.4 Å². The number of amides is 4. The molecule has 3 N–H and O–H groups in total. The van der Waals surface area contributed by atoms with Gasteiger partial charge in [-0.3, -0.25) is 14.9 Å². The normalized spacial score (nSPS) is 19.0. The van der Waals surface area contributed by atoms with Crippen molar-refractivity contribution < 1.29 is 14.4 Å². The summed E-state index contributed by atoms with van der Waals surface area (Å²) in [6.07, 6.45) is 0.261. The molecular formula is C19H18ClN3O3. The zero-order valence-electron chi connectivity index (χ0n) is 13.9. The molecule has 0 spiro atoms. The molecule has 26 heavy (non-hydrogen) atoms. The van der Waals surface area contributed by atoms with Gasteiger partial charge in [-0.25, -0.2) is 4.79 Å². The number of hydrogen-bond acceptors (Lipinski definition) is 3. The van der Waals surface area contributed by atoms with Crippen LogP contribution in [0.3, 0.4) is 0 Å². The van der Waals surface area contributed by atoms with Crippen molar-refractivity contribution in [2.24, 2.45) is 0 Å². The Morgan fingerprint density at radius 3 is 2.35 bits per heavy atom. The van der Waals surface area contributed by atoms with Crippen LogP contribution in [0.1, 0.15) is 24.0 Å². The van der Waals surface area contributed by atoms with E-state index in [1.807, 2.05) is 18.2 Å². The lowest BCUT2D eigenvalue weighted by Crippen LogP contribution is -2.44. The van der Waals surface area contributed by atoms with Gasteiger partial charge in [0.25, 0.3) is 5.91 Å². The van der Waals surface area contributed by atoms with Crippen LogP contribution in [0, 0.1) is 0 Å². The topological polar surface area (TPSA) is 87.3 Å². The van der Waals surface area contributed by atoms with Crippen LogP contribution in [-0.2, 0) is 21.7 Å². The van der Waals surface area contributed by atoms with E-state index in [-0.39, 0.29) is 18.7 Å². The predicted octanol–water partition coefficient (Wildman–Crippen LogP) is 2.47. The van der Waals surface area contributed by atoms with Crippen molar-refractivity contribution in [1.29, 1.82) is 0 Å². The fourth-order valence-electron chi connectivity index (χ4n) is 2.93. The van der Waals surface area contributed by atoms with Crippen LogP contribution in [0.15, 0.2) is 54.6 Å². The van der Waals surface area contributed by atoms with E-state index in [9.17, 15) is 14.4 Å². The van der Waals surface area contributed by atoms with E-state index < -0.39 is 17.5 Å². The molecule has 1 unspecified atom stereocenters. The minimum Gasteiger partial charge on any atom is -0.352 e. The molecule has 3 rings (SSSR count). The van der Waals surface area contributed by atoms with Crippen LogP contribution in [0.5, 0.6) is 0 Å². The van der Waals surface area contributed by atoms with Crippen molar-refractivity contribution in [1.82, 2.24) is 16.0 Å². The molecule has 1 aliphatic rings. The summed E-state index contributed by atoms with van der Waals surface area (Å²) in [4.78, 5) is 36.3. The maximum absolute atomic E-state index is 12.4. The van der Waals surface area contributed by atoms with E-state index in [1.165, 1.54) is 0 Å².